The molecule has 19 heavy (non-hydrogen) atoms. The number of carbonyl (C=O) groups excluding carboxylic acids is 1. The Bertz CT molecular complexity index is 516. The number of allylic oxidation sites excluding steroid dienone is 1. The highest BCUT2D eigenvalue weighted by Gasteiger charge is 2.60. The lowest BCUT2D eigenvalue weighted by Gasteiger charge is -2.00. The van der Waals surface area contributed by atoms with Crippen molar-refractivity contribution < 1.29 is 19.4 Å². The van der Waals surface area contributed by atoms with E-state index in [1.54, 1.807) is 30.3 Å². The number of hydrogen-bond acceptors (Lipinski definition) is 3. The molecule has 0 heterocycles. The van der Waals surface area contributed by atoms with Crippen molar-refractivity contribution in [1.29, 1.82) is 0 Å². The Morgan fingerprint density at radius 3 is 2.42 bits per heavy atom. The molecule has 1 aromatic carbocycles. The quantitative estimate of drug-likeness (QED) is 0.513. The monoisotopic (exact) mass is 260 g/mol. The minimum absolute atomic E-state index is 0.117. The van der Waals surface area contributed by atoms with E-state index in [2.05, 4.69) is 0 Å². The third-order valence-electron chi connectivity index (χ3n) is 3.58. The lowest BCUT2D eigenvalue weighted by molar-refractivity contribution is -0.139. The van der Waals surface area contributed by atoms with E-state index in [0.717, 1.165) is 0 Å². The molecule has 100 valence electrons. The molecule has 1 N–H and O–H groups in total. The second-order valence-electron chi connectivity index (χ2n) is 5.26. The minimum Gasteiger partial charge on any atom is -0.481 e. The van der Waals surface area contributed by atoms with E-state index >= 15 is 0 Å². The molecule has 1 fully saturated rings. The van der Waals surface area contributed by atoms with E-state index in [9.17, 15) is 9.59 Å². The molecule has 0 saturated heterocycles. The molecule has 1 aliphatic carbocycles. The van der Waals surface area contributed by atoms with E-state index < -0.39 is 17.9 Å². The summed E-state index contributed by atoms with van der Waals surface area (Å²) in [6, 6.07) is 8.75. The lowest BCUT2D eigenvalue weighted by Crippen LogP contribution is -2.04. The molecule has 0 aromatic heterocycles. The van der Waals surface area contributed by atoms with E-state index in [-0.39, 0.29) is 11.3 Å². The first-order chi connectivity index (χ1) is 8.93. The zero-order valence-corrected chi connectivity index (χ0v) is 10.9. The maximum absolute atomic E-state index is 11.6. The number of carbonyl (C=O) groups is 2. The Labute approximate surface area is 111 Å². The van der Waals surface area contributed by atoms with Gasteiger partial charge in [-0.2, -0.15) is 0 Å². The van der Waals surface area contributed by atoms with Crippen LogP contribution in [-0.2, 0) is 9.59 Å². The molecule has 1 aromatic rings. The molecule has 1 saturated carbocycles. The van der Waals surface area contributed by atoms with Gasteiger partial charge in [0, 0.05) is 6.08 Å². The van der Waals surface area contributed by atoms with Crippen LogP contribution in [0.2, 0.25) is 0 Å². The summed E-state index contributed by atoms with van der Waals surface area (Å²) < 4.78 is 5.08. The highest BCUT2D eigenvalue weighted by molar-refractivity contribution is 5.84. The van der Waals surface area contributed by atoms with Gasteiger partial charge in [0.2, 0.25) is 0 Å². The van der Waals surface area contributed by atoms with Crippen LogP contribution in [0.1, 0.15) is 13.8 Å². The van der Waals surface area contributed by atoms with Gasteiger partial charge >= 0.3 is 11.9 Å². The van der Waals surface area contributed by atoms with Gasteiger partial charge in [0.1, 0.15) is 5.75 Å². The average molecular weight is 260 g/mol. The summed E-state index contributed by atoms with van der Waals surface area (Å²) in [5.74, 6) is -1.38. The van der Waals surface area contributed by atoms with Crippen molar-refractivity contribution in [2.45, 2.75) is 13.8 Å². The second kappa shape index (κ2) is 4.88. The van der Waals surface area contributed by atoms with Crippen LogP contribution >= 0.6 is 0 Å². The van der Waals surface area contributed by atoms with Crippen molar-refractivity contribution in [2.24, 2.45) is 17.3 Å². The van der Waals surface area contributed by atoms with E-state index in [1.807, 2.05) is 19.9 Å². The summed E-state index contributed by atoms with van der Waals surface area (Å²) in [5, 5.41) is 9.01. The Kier molecular flexibility index (Phi) is 3.42. The first kappa shape index (κ1) is 13.3. The minimum atomic E-state index is -0.823. The van der Waals surface area contributed by atoms with Crippen LogP contribution in [0.5, 0.6) is 5.75 Å². The van der Waals surface area contributed by atoms with Crippen LogP contribution in [0.3, 0.4) is 0 Å². The van der Waals surface area contributed by atoms with Gasteiger partial charge in [0.25, 0.3) is 0 Å². The molecule has 1 aliphatic rings. The predicted molar refractivity (Wildman–Crippen MR) is 69.6 cm³/mol. The summed E-state index contributed by atoms with van der Waals surface area (Å²) in [4.78, 5) is 22.5. The molecule has 0 bridgehead atoms. The van der Waals surface area contributed by atoms with Gasteiger partial charge in [-0.1, -0.05) is 38.1 Å². The van der Waals surface area contributed by atoms with Gasteiger partial charge in [-0.3, -0.25) is 4.79 Å². The van der Waals surface area contributed by atoms with Crippen molar-refractivity contribution in [3.05, 3.63) is 42.5 Å². The van der Waals surface area contributed by atoms with Crippen LogP contribution in [0.25, 0.3) is 0 Å². The number of ether oxygens (including phenoxy) is 1. The van der Waals surface area contributed by atoms with E-state index in [1.165, 1.54) is 6.08 Å². The molecule has 0 amide bonds. The van der Waals surface area contributed by atoms with Crippen LogP contribution < -0.4 is 4.74 Å². The number of rotatable bonds is 4. The Morgan fingerprint density at radius 2 is 1.89 bits per heavy atom. The van der Waals surface area contributed by atoms with Gasteiger partial charge in [-0.25, -0.2) is 4.79 Å². The number of esters is 1. The smallest absolute Gasteiger partial charge is 0.335 e. The Morgan fingerprint density at radius 1 is 1.26 bits per heavy atom. The second-order valence-corrected chi connectivity index (χ2v) is 5.26. The molecule has 0 aliphatic heterocycles. The van der Waals surface area contributed by atoms with Crippen molar-refractivity contribution in [3.8, 4) is 5.75 Å². The Balaban J connectivity index is 1.94. The highest BCUT2D eigenvalue weighted by atomic mass is 16.5. The van der Waals surface area contributed by atoms with Crippen molar-refractivity contribution in [2.75, 3.05) is 0 Å². The molecule has 4 nitrogen and oxygen atoms in total. The number of carboxylic acids is 1. The normalized spacial score (nSPS) is 24.1. The summed E-state index contributed by atoms with van der Waals surface area (Å²) in [6.07, 6.45) is 2.94. The van der Waals surface area contributed by atoms with Gasteiger partial charge in [0.15, 0.2) is 0 Å². The van der Waals surface area contributed by atoms with Crippen molar-refractivity contribution >= 4 is 11.9 Å². The lowest BCUT2D eigenvalue weighted by atomic mass is 10.1. The summed E-state index contributed by atoms with van der Waals surface area (Å²) in [5.41, 5.74) is -0.296. The molecule has 4 heteroatoms. The van der Waals surface area contributed by atoms with Crippen LogP contribution in [0.15, 0.2) is 42.5 Å². The molecule has 2 atom stereocenters. The highest BCUT2D eigenvalue weighted by Crippen LogP contribution is 2.58. The first-order valence-corrected chi connectivity index (χ1v) is 6.11. The van der Waals surface area contributed by atoms with Crippen LogP contribution in [-0.4, -0.2) is 17.0 Å². The number of aliphatic carboxylic acids is 1. The zero-order chi connectivity index (χ0) is 14.0. The SMILES string of the molecule is CC1(C)C(C=CC(=O)Oc2ccccc2)C1C(=O)O. The number of benzene rings is 1. The molecule has 0 spiro atoms. The zero-order valence-electron chi connectivity index (χ0n) is 10.9. The molecular weight excluding hydrogens is 244 g/mol. The fraction of sp³-hybridized carbons (Fsp3) is 0.333. The summed E-state index contributed by atoms with van der Waals surface area (Å²) >= 11 is 0. The van der Waals surface area contributed by atoms with E-state index in [0.29, 0.717) is 5.75 Å². The Hall–Kier alpha value is -2.10. The fourth-order valence-corrected chi connectivity index (χ4v) is 2.33. The average Bonchev–Trinajstić information content (AvgIpc) is 2.90. The van der Waals surface area contributed by atoms with Crippen LogP contribution in [0, 0.1) is 17.3 Å². The molecule has 0 radical (unpaired) electrons. The topological polar surface area (TPSA) is 63.6 Å². The van der Waals surface area contributed by atoms with Gasteiger partial charge in [-0.15, -0.1) is 0 Å². The van der Waals surface area contributed by atoms with Crippen molar-refractivity contribution in [3.63, 3.8) is 0 Å². The fourth-order valence-electron chi connectivity index (χ4n) is 2.33. The number of carboxylic acid groups (broad SMARTS) is 1. The van der Waals surface area contributed by atoms with Crippen molar-refractivity contribution in [1.82, 2.24) is 0 Å². The maximum atomic E-state index is 11.6. The number of hydrogen-bond donors (Lipinski definition) is 1. The third kappa shape index (κ3) is 2.84. The summed E-state index contributed by atoms with van der Waals surface area (Å²) in [7, 11) is 0. The predicted octanol–water partition coefficient (Wildman–Crippen LogP) is 2.50. The largest absolute Gasteiger partial charge is 0.481 e. The molecular formula is C15H16O4. The first-order valence-electron chi connectivity index (χ1n) is 6.11. The summed E-state index contributed by atoms with van der Waals surface area (Å²) in [6.45, 7) is 3.76. The van der Waals surface area contributed by atoms with E-state index in [4.69, 9.17) is 9.84 Å². The third-order valence-corrected chi connectivity index (χ3v) is 3.58. The van der Waals surface area contributed by atoms with Crippen LogP contribution in [0.4, 0.5) is 0 Å². The maximum Gasteiger partial charge on any atom is 0.335 e. The standard InChI is InChI=1S/C15H16O4/c1-15(2)11(13(15)14(17)18)8-9-12(16)19-10-6-4-3-5-7-10/h3-9,11,13H,1-2H3,(H,17,18). The van der Waals surface area contributed by atoms with Gasteiger partial charge in [0.05, 0.1) is 5.92 Å². The number of para-hydroxylation sites is 1. The van der Waals surface area contributed by atoms with Gasteiger partial charge < -0.3 is 9.84 Å². The molecule has 2 unspecified atom stereocenters. The molecule has 2 rings (SSSR count). The van der Waals surface area contributed by atoms with Gasteiger partial charge in [-0.05, 0) is 23.5 Å².